The lowest BCUT2D eigenvalue weighted by molar-refractivity contribution is -0.138. The van der Waals surface area contributed by atoms with Gasteiger partial charge in [-0.05, 0) is 11.4 Å². The summed E-state index contributed by atoms with van der Waals surface area (Å²) in [6.45, 7) is 0. The van der Waals surface area contributed by atoms with Gasteiger partial charge in [-0.25, -0.2) is 4.79 Å². The minimum absolute atomic E-state index is 0.0683. The van der Waals surface area contributed by atoms with Gasteiger partial charge >= 0.3 is 17.8 Å². The molecular formula is C7H4N2O5S2. The highest BCUT2D eigenvalue weighted by Gasteiger charge is 2.46. The maximum atomic E-state index is 11.8. The molecule has 0 radical (unpaired) electrons. The van der Waals surface area contributed by atoms with Crippen molar-refractivity contribution in [2.24, 2.45) is 0 Å². The molecule has 0 unspecified atom stereocenters. The number of urea groups is 1. The Labute approximate surface area is 93.7 Å². The van der Waals surface area contributed by atoms with Gasteiger partial charge < -0.3 is 0 Å². The van der Waals surface area contributed by atoms with Crippen LogP contribution in [-0.2, 0) is 19.6 Å². The van der Waals surface area contributed by atoms with E-state index in [9.17, 15) is 22.8 Å². The van der Waals surface area contributed by atoms with Crippen LogP contribution in [0.25, 0.3) is 0 Å². The zero-order valence-corrected chi connectivity index (χ0v) is 9.17. The van der Waals surface area contributed by atoms with E-state index in [2.05, 4.69) is 0 Å². The second-order valence-corrected chi connectivity index (χ2v) is 5.73. The van der Waals surface area contributed by atoms with Crippen molar-refractivity contribution in [1.29, 1.82) is 0 Å². The van der Waals surface area contributed by atoms with Gasteiger partial charge in [0.2, 0.25) is 0 Å². The number of carbonyl (C=O) groups is 3. The van der Waals surface area contributed by atoms with E-state index in [0.29, 0.717) is 0 Å². The van der Waals surface area contributed by atoms with E-state index in [1.807, 2.05) is 0 Å². The van der Waals surface area contributed by atoms with Gasteiger partial charge in [0.1, 0.15) is 4.21 Å². The first-order chi connectivity index (χ1) is 7.44. The lowest BCUT2D eigenvalue weighted by atomic mass is 10.6. The second-order valence-electron chi connectivity index (χ2n) is 2.77. The molecule has 0 spiro atoms. The van der Waals surface area contributed by atoms with E-state index >= 15 is 0 Å². The summed E-state index contributed by atoms with van der Waals surface area (Å²) < 4.78 is 23.3. The molecule has 0 bridgehead atoms. The Hall–Kier alpha value is -1.74. The van der Waals surface area contributed by atoms with Crippen molar-refractivity contribution in [2.75, 3.05) is 0 Å². The third kappa shape index (κ3) is 1.41. The van der Waals surface area contributed by atoms with Crippen LogP contribution >= 0.6 is 11.3 Å². The Balaban J connectivity index is 2.51. The SMILES string of the molecule is O=C1NC(=O)N(S(=O)(=O)c2cccs2)C1=O. The van der Waals surface area contributed by atoms with E-state index < -0.39 is 27.9 Å². The van der Waals surface area contributed by atoms with E-state index in [4.69, 9.17) is 0 Å². The number of hydrogen-bond donors (Lipinski definition) is 1. The molecule has 84 valence electrons. The molecule has 9 heteroatoms. The summed E-state index contributed by atoms with van der Waals surface area (Å²) in [5.41, 5.74) is 0. The van der Waals surface area contributed by atoms with Gasteiger partial charge in [-0.3, -0.25) is 14.9 Å². The van der Waals surface area contributed by atoms with E-state index in [1.54, 1.807) is 5.32 Å². The van der Waals surface area contributed by atoms with Crippen LogP contribution in [0.3, 0.4) is 0 Å². The fraction of sp³-hybridized carbons (Fsp3) is 0. The highest BCUT2D eigenvalue weighted by Crippen LogP contribution is 2.22. The van der Waals surface area contributed by atoms with Crippen LogP contribution in [0.1, 0.15) is 0 Å². The van der Waals surface area contributed by atoms with Gasteiger partial charge in [0.15, 0.2) is 0 Å². The molecule has 1 fully saturated rings. The van der Waals surface area contributed by atoms with Crippen LogP contribution in [0.2, 0.25) is 0 Å². The smallest absolute Gasteiger partial charge is 0.268 e. The molecule has 0 aliphatic carbocycles. The van der Waals surface area contributed by atoms with Crippen molar-refractivity contribution in [3.8, 4) is 0 Å². The summed E-state index contributed by atoms with van der Waals surface area (Å²) >= 11 is 0.849. The normalized spacial score (nSPS) is 16.8. The maximum Gasteiger partial charge on any atom is 0.345 e. The zero-order chi connectivity index (χ0) is 11.9. The third-order valence-corrected chi connectivity index (χ3v) is 4.81. The fourth-order valence-electron chi connectivity index (χ4n) is 1.10. The first-order valence-corrected chi connectivity index (χ1v) is 6.24. The quantitative estimate of drug-likeness (QED) is 0.571. The second kappa shape index (κ2) is 3.39. The number of nitrogens with one attached hydrogen (secondary N) is 1. The number of nitrogens with zero attached hydrogens (tertiary/aromatic N) is 1. The molecule has 0 atom stereocenters. The molecule has 1 aromatic heterocycles. The van der Waals surface area contributed by atoms with E-state index in [1.165, 1.54) is 17.5 Å². The van der Waals surface area contributed by atoms with Gasteiger partial charge in [0, 0.05) is 0 Å². The van der Waals surface area contributed by atoms with Crippen LogP contribution in [0.4, 0.5) is 4.79 Å². The average Bonchev–Trinajstić information content (AvgIpc) is 2.76. The Kier molecular flexibility index (Phi) is 2.28. The molecule has 1 N–H and O–H groups in total. The highest BCUT2D eigenvalue weighted by molar-refractivity contribution is 7.92. The first kappa shape index (κ1) is 10.8. The molecule has 4 amide bonds. The van der Waals surface area contributed by atoms with Crippen molar-refractivity contribution >= 4 is 39.2 Å². The molecule has 1 saturated heterocycles. The van der Waals surface area contributed by atoms with Crippen molar-refractivity contribution in [3.63, 3.8) is 0 Å². The van der Waals surface area contributed by atoms with Crippen LogP contribution < -0.4 is 5.32 Å². The van der Waals surface area contributed by atoms with Gasteiger partial charge in [0.25, 0.3) is 10.0 Å². The molecule has 1 aliphatic rings. The number of amides is 4. The van der Waals surface area contributed by atoms with Crippen molar-refractivity contribution < 1.29 is 22.8 Å². The summed E-state index contributed by atoms with van der Waals surface area (Å²) in [5.74, 6) is -2.64. The number of thiophene rings is 1. The molecule has 1 aromatic rings. The summed E-state index contributed by atoms with van der Waals surface area (Å²) in [7, 11) is -4.26. The van der Waals surface area contributed by atoms with Gasteiger partial charge in [-0.2, -0.15) is 8.42 Å². The average molecular weight is 260 g/mol. The highest BCUT2D eigenvalue weighted by atomic mass is 32.2. The first-order valence-electron chi connectivity index (χ1n) is 3.92. The standard InChI is InChI=1S/C7H4N2O5S2/c10-5-6(11)9(7(12)8-5)16(13,14)4-2-1-3-15-4/h1-3H,(H,8,10,12). The minimum Gasteiger partial charge on any atom is -0.268 e. The lowest BCUT2D eigenvalue weighted by Crippen LogP contribution is -2.36. The van der Waals surface area contributed by atoms with Gasteiger partial charge in [-0.1, -0.05) is 6.07 Å². The topological polar surface area (TPSA) is 101 Å². The number of sulfonamides is 1. The van der Waals surface area contributed by atoms with E-state index in [-0.39, 0.29) is 8.51 Å². The Morgan fingerprint density at radius 1 is 1.25 bits per heavy atom. The molecule has 2 heterocycles. The molecule has 2 rings (SSSR count). The molecule has 0 aromatic carbocycles. The summed E-state index contributed by atoms with van der Waals surface area (Å²) in [5, 5.41) is 3.09. The third-order valence-electron chi connectivity index (χ3n) is 1.77. The molecule has 16 heavy (non-hydrogen) atoms. The van der Waals surface area contributed by atoms with E-state index in [0.717, 1.165) is 11.3 Å². The largest absolute Gasteiger partial charge is 0.345 e. The van der Waals surface area contributed by atoms with Crippen LogP contribution in [-0.4, -0.2) is 30.6 Å². The fourth-order valence-corrected chi connectivity index (χ4v) is 3.43. The molecule has 0 saturated carbocycles. The number of rotatable bonds is 2. The van der Waals surface area contributed by atoms with Gasteiger partial charge in [0.05, 0.1) is 0 Å². The summed E-state index contributed by atoms with van der Waals surface area (Å²) in [6.07, 6.45) is 0. The number of hydrogen-bond acceptors (Lipinski definition) is 6. The molecule has 7 nitrogen and oxygen atoms in total. The minimum atomic E-state index is -4.26. The van der Waals surface area contributed by atoms with Gasteiger partial charge in [-0.15, -0.1) is 15.6 Å². The van der Waals surface area contributed by atoms with Crippen LogP contribution in [0.15, 0.2) is 21.7 Å². The maximum absolute atomic E-state index is 11.8. The zero-order valence-electron chi connectivity index (χ0n) is 7.54. The Morgan fingerprint density at radius 2 is 1.94 bits per heavy atom. The summed E-state index contributed by atoms with van der Waals surface area (Å²) in [4.78, 5) is 33.1. The van der Waals surface area contributed by atoms with Crippen LogP contribution in [0, 0.1) is 0 Å². The lowest BCUT2D eigenvalue weighted by Gasteiger charge is -2.09. The van der Waals surface area contributed by atoms with Crippen LogP contribution in [0.5, 0.6) is 0 Å². The van der Waals surface area contributed by atoms with Crippen molar-refractivity contribution in [2.45, 2.75) is 4.21 Å². The predicted molar refractivity (Wildman–Crippen MR) is 51.9 cm³/mol. The molecular weight excluding hydrogens is 256 g/mol. The number of carbonyl (C=O) groups excluding carboxylic acids is 3. The van der Waals surface area contributed by atoms with Crippen molar-refractivity contribution in [3.05, 3.63) is 17.5 Å². The number of imide groups is 2. The molecule has 1 aliphatic heterocycles. The predicted octanol–water partition coefficient (Wildman–Crippen LogP) is -0.485. The van der Waals surface area contributed by atoms with Crippen molar-refractivity contribution in [1.82, 2.24) is 9.62 Å². The monoisotopic (exact) mass is 260 g/mol. The Bertz CT molecular complexity index is 574. The summed E-state index contributed by atoms with van der Waals surface area (Å²) in [6, 6.07) is 1.45. The Morgan fingerprint density at radius 3 is 2.38 bits per heavy atom.